The molecule has 0 atom stereocenters. The lowest BCUT2D eigenvalue weighted by Crippen LogP contribution is -1.84. The molecule has 3 aromatic carbocycles. The molecule has 20 heavy (non-hydrogen) atoms. The van der Waals surface area contributed by atoms with E-state index in [0.29, 0.717) is 0 Å². The van der Waals surface area contributed by atoms with E-state index < -0.39 is 0 Å². The second kappa shape index (κ2) is 4.50. The largest absolute Gasteiger partial charge is 0.456 e. The maximum Gasteiger partial charge on any atom is 0.135 e. The lowest BCUT2D eigenvalue weighted by Gasteiger charge is -2.08. The molecule has 0 aliphatic carbocycles. The van der Waals surface area contributed by atoms with Crippen molar-refractivity contribution >= 4 is 15.9 Å². The fourth-order valence-electron chi connectivity index (χ4n) is 2.65. The van der Waals surface area contributed by atoms with E-state index in [1.807, 2.05) is 36.4 Å². The molecule has 3 aromatic rings. The lowest BCUT2D eigenvalue weighted by molar-refractivity contribution is 0.488. The average Bonchev–Trinajstić information content (AvgIpc) is 2.61. The minimum absolute atomic E-state index is 0.900. The van der Waals surface area contributed by atoms with E-state index >= 15 is 0 Å². The highest BCUT2D eigenvalue weighted by molar-refractivity contribution is 9.10. The quantitative estimate of drug-likeness (QED) is 0.392. The number of halogens is 1. The van der Waals surface area contributed by atoms with Crippen LogP contribution in [-0.4, -0.2) is 0 Å². The number of para-hydroxylation sites is 2. The molecule has 0 amide bonds. The smallest absolute Gasteiger partial charge is 0.135 e. The van der Waals surface area contributed by atoms with Crippen molar-refractivity contribution in [2.45, 2.75) is 0 Å². The molecule has 2 heteroatoms. The Morgan fingerprint density at radius 3 is 1.90 bits per heavy atom. The van der Waals surface area contributed by atoms with Crippen LogP contribution in [0.1, 0.15) is 0 Å². The maximum atomic E-state index is 6.11. The first kappa shape index (κ1) is 11.7. The summed E-state index contributed by atoms with van der Waals surface area (Å²) >= 11 is 3.57. The van der Waals surface area contributed by atoms with Crippen molar-refractivity contribution in [1.29, 1.82) is 0 Å². The molecule has 0 saturated carbocycles. The van der Waals surface area contributed by atoms with E-state index in [9.17, 15) is 0 Å². The van der Waals surface area contributed by atoms with Gasteiger partial charge in [-0.15, -0.1) is 0 Å². The molecule has 0 spiro atoms. The van der Waals surface area contributed by atoms with Crippen LogP contribution < -0.4 is 4.74 Å². The van der Waals surface area contributed by atoms with Gasteiger partial charge >= 0.3 is 0 Å². The average molecular weight is 323 g/mol. The number of ether oxygens (including phenoxy) is 1. The molecule has 0 fully saturated rings. The summed E-state index contributed by atoms with van der Waals surface area (Å²) in [5.74, 6) is 1.80. The number of fused-ring (bicyclic) bond motifs is 5. The molecule has 0 saturated heterocycles. The highest BCUT2D eigenvalue weighted by Gasteiger charge is 2.19. The summed E-state index contributed by atoms with van der Waals surface area (Å²) in [6.07, 6.45) is 0. The van der Waals surface area contributed by atoms with Crippen LogP contribution in [-0.2, 0) is 0 Å². The summed E-state index contributed by atoms with van der Waals surface area (Å²) in [4.78, 5) is 0. The Hall–Kier alpha value is -2.06. The summed E-state index contributed by atoms with van der Waals surface area (Å²) < 4.78 is 7.18. The summed E-state index contributed by atoms with van der Waals surface area (Å²) in [5.41, 5.74) is 4.65. The lowest BCUT2D eigenvalue weighted by atomic mass is 9.95. The Bertz CT molecular complexity index is 808. The predicted octanol–water partition coefficient (Wildman–Crippen LogP) is 5.89. The summed E-state index contributed by atoms with van der Waals surface area (Å²) in [7, 11) is 0. The van der Waals surface area contributed by atoms with Crippen molar-refractivity contribution in [2.24, 2.45) is 0 Å². The van der Waals surface area contributed by atoms with Gasteiger partial charge in [-0.05, 0) is 35.4 Å². The maximum absolute atomic E-state index is 6.11. The fourth-order valence-corrected chi connectivity index (χ4v) is 3.01. The second-order valence-electron chi connectivity index (χ2n) is 4.78. The van der Waals surface area contributed by atoms with Crippen LogP contribution in [0.25, 0.3) is 22.3 Å². The van der Waals surface area contributed by atoms with Crippen molar-refractivity contribution in [3.05, 3.63) is 71.2 Å². The van der Waals surface area contributed by atoms with Gasteiger partial charge in [0, 0.05) is 15.6 Å². The standard InChI is InChI=1S/C18H11BrO/c19-12-9-10-13-14-5-1-3-7-17(14)20-18-8-4-2-6-15(18)16(13)11-12/h1-11H. The van der Waals surface area contributed by atoms with Crippen LogP contribution in [0, 0.1) is 0 Å². The van der Waals surface area contributed by atoms with Gasteiger partial charge < -0.3 is 4.74 Å². The van der Waals surface area contributed by atoms with Crippen molar-refractivity contribution in [3.63, 3.8) is 0 Å². The monoisotopic (exact) mass is 322 g/mol. The third kappa shape index (κ3) is 1.76. The molecule has 0 unspecified atom stereocenters. The van der Waals surface area contributed by atoms with Gasteiger partial charge in [0.05, 0.1) is 0 Å². The number of hydrogen-bond donors (Lipinski definition) is 0. The molecule has 4 rings (SSSR count). The van der Waals surface area contributed by atoms with Crippen LogP contribution in [0.4, 0.5) is 0 Å². The molecule has 1 heterocycles. The van der Waals surface area contributed by atoms with Gasteiger partial charge in [-0.25, -0.2) is 0 Å². The Labute approximate surface area is 126 Å². The third-order valence-electron chi connectivity index (χ3n) is 3.56. The molecule has 1 aliphatic heterocycles. The normalized spacial score (nSPS) is 11.7. The van der Waals surface area contributed by atoms with Gasteiger partial charge in [-0.1, -0.05) is 58.4 Å². The summed E-state index contributed by atoms with van der Waals surface area (Å²) in [5, 5.41) is 0. The van der Waals surface area contributed by atoms with Gasteiger partial charge in [0.2, 0.25) is 0 Å². The number of benzene rings is 3. The minimum atomic E-state index is 0.900. The van der Waals surface area contributed by atoms with Gasteiger partial charge in [0.15, 0.2) is 0 Å². The van der Waals surface area contributed by atoms with Gasteiger partial charge in [-0.2, -0.15) is 0 Å². The van der Waals surface area contributed by atoms with Crippen molar-refractivity contribution < 1.29 is 4.74 Å². The SMILES string of the molecule is Brc1ccc2c(c1)-c1ccccc1Oc1ccccc1-2. The number of hydrogen-bond acceptors (Lipinski definition) is 1. The van der Waals surface area contributed by atoms with E-state index in [-0.39, 0.29) is 0 Å². The second-order valence-corrected chi connectivity index (χ2v) is 5.70. The highest BCUT2D eigenvalue weighted by atomic mass is 79.9. The zero-order valence-electron chi connectivity index (χ0n) is 10.6. The Morgan fingerprint density at radius 1 is 0.600 bits per heavy atom. The molecule has 1 nitrogen and oxygen atoms in total. The predicted molar refractivity (Wildman–Crippen MR) is 85.1 cm³/mol. The van der Waals surface area contributed by atoms with Crippen LogP contribution in [0.5, 0.6) is 11.5 Å². The fraction of sp³-hybridized carbons (Fsp3) is 0. The van der Waals surface area contributed by atoms with Crippen LogP contribution in [0.15, 0.2) is 71.2 Å². The molecule has 0 bridgehead atoms. The Kier molecular flexibility index (Phi) is 2.64. The van der Waals surface area contributed by atoms with E-state index in [1.54, 1.807) is 0 Å². The van der Waals surface area contributed by atoms with Crippen LogP contribution >= 0.6 is 15.9 Å². The number of rotatable bonds is 0. The Morgan fingerprint density at radius 2 is 1.20 bits per heavy atom. The molecular formula is C18H11BrO. The van der Waals surface area contributed by atoms with Gasteiger partial charge in [-0.3, -0.25) is 0 Å². The van der Waals surface area contributed by atoms with E-state index in [2.05, 4.69) is 46.3 Å². The zero-order chi connectivity index (χ0) is 13.5. The zero-order valence-corrected chi connectivity index (χ0v) is 12.2. The highest BCUT2D eigenvalue weighted by Crippen LogP contribution is 2.46. The minimum Gasteiger partial charge on any atom is -0.456 e. The Balaban J connectivity index is 2.13. The first-order valence-corrected chi connectivity index (χ1v) is 7.28. The molecule has 0 N–H and O–H groups in total. The molecule has 96 valence electrons. The van der Waals surface area contributed by atoms with Crippen LogP contribution in [0.3, 0.4) is 0 Å². The first-order valence-electron chi connectivity index (χ1n) is 6.49. The summed E-state index contributed by atoms with van der Waals surface area (Å²) in [6.45, 7) is 0. The van der Waals surface area contributed by atoms with Gasteiger partial charge in [0.1, 0.15) is 11.5 Å². The third-order valence-corrected chi connectivity index (χ3v) is 4.05. The van der Waals surface area contributed by atoms with Gasteiger partial charge in [0.25, 0.3) is 0 Å². The molecular weight excluding hydrogens is 312 g/mol. The molecule has 0 radical (unpaired) electrons. The van der Waals surface area contributed by atoms with E-state index in [1.165, 1.54) is 11.1 Å². The molecule has 0 aromatic heterocycles. The molecule has 1 aliphatic rings. The van der Waals surface area contributed by atoms with Crippen molar-refractivity contribution in [3.8, 4) is 33.8 Å². The topological polar surface area (TPSA) is 9.23 Å². The van der Waals surface area contributed by atoms with E-state index in [4.69, 9.17) is 4.74 Å². The van der Waals surface area contributed by atoms with Crippen molar-refractivity contribution in [2.75, 3.05) is 0 Å². The van der Waals surface area contributed by atoms with E-state index in [0.717, 1.165) is 27.1 Å². The van der Waals surface area contributed by atoms with Crippen LogP contribution in [0.2, 0.25) is 0 Å². The first-order chi connectivity index (χ1) is 9.83. The summed E-state index contributed by atoms with van der Waals surface area (Å²) in [6, 6.07) is 22.7. The van der Waals surface area contributed by atoms with Crippen molar-refractivity contribution in [1.82, 2.24) is 0 Å².